The molecule has 4 aromatic heterocycles. The zero-order valence-corrected chi connectivity index (χ0v) is 23.6. The monoisotopic (exact) mass is 604 g/mol. The van der Waals surface area contributed by atoms with E-state index in [1.807, 2.05) is 13.1 Å². The summed E-state index contributed by atoms with van der Waals surface area (Å²) in [5.74, 6) is -0.161. The maximum absolute atomic E-state index is 12.2. The maximum atomic E-state index is 12.2. The Kier molecular flexibility index (Phi) is 7.09. The highest BCUT2D eigenvalue weighted by Gasteiger charge is 2.45. The highest BCUT2D eigenvalue weighted by molar-refractivity contribution is 6.72. The van der Waals surface area contributed by atoms with Gasteiger partial charge in [-0.25, -0.2) is 9.97 Å². The summed E-state index contributed by atoms with van der Waals surface area (Å²) in [4.78, 5) is 52.6. The minimum absolute atomic E-state index is 0.0269. The molecule has 19 nitrogen and oxygen atoms in total. The Morgan fingerprint density at radius 3 is 2.19 bits per heavy atom. The average molecular weight is 605 g/mol. The fourth-order valence-corrected chi connectivity index (χ4v) is 7.55. The molecule has 20 heteroatoms. The Hall–Kier alpha value is -3.76. The van der Waals surface area contributed by atoms with Gasteiger partial charge in [-0.2, -0.15) is 9.97 Å². The van der Waals surface area contributed by atoms with E-state index in [-0.39, 0.29) is 53.4 Å². The molecule has 7 atom stereocenters. The van der Waals surface area contributed by atoms with Gasteiger partial charge in [-0.05, 0) is 13.1 Å². The molecule has 0 aliphatic carbocycles. The molecule has 2 aliphatic rings. The van der Waals surface area contributed by atoms with Crippen molar-refractivity contribution in [3.63, 3.8) is 0 Å². The van der Waals surface area contributed by atoms with Gasteiger partial charge in [-0.1, -0.05) is 0 Å². The molecule has 6 rings (SSSR count). The smallest absolute Gasteiger partial charge is 0.280 e. The van der Waals surface area contributed by atoms with Gasteiger partial charge in [0, 0.05) is 19.0 Å². The molecule has 0 aromatic carbocycles. The van der Waals surface area contributed by atoms with Crippen LogP contribution in [0.4, 0.5) is 11.9 Å². The quantitative estimate of drug-likeness (QED) is 0.0885. The number of imidazole rings is 2. The minimum Gasteiger partial charge on any atom is -0.394 e. The van der Waals surface area contributed by atoms with Gasteiger partial charge in [0.15, 0.2) is 37.0 Å². The van der Waals surface area contributed by atoms with Crippen molar-refractivity contribution in [1.82, 2.24) is 49.0 Å². The van der Waals surface area contributed by atoms with Gasteiger partial charge in [0.05, 0.1) is 25.4 Å². The van der Waals surface area contributed by atoms with Crippen molar-refractivity contribution in [3.8, 4) is 0 Å². The second kappa shape index (κ2) is 10.5. The number of rotatable bonds is 8. The lowest BCUT2D eigenvalue weighted by Crippen LogP contribution is -2.64. The first-order chi connectivity index (χ1) is 20.0. The van der Waals surface area contributed by atoms with Crippen LogP contribution in [0, 0.1) is 0 Å². The number of fused-ring (bicyclic) bond motifs is 2. The van der Waals surface area contributed by atoms with E-state index < -0.39 is 56.4 Å². The number of aliphatic hydroxyl groups excluding tert-OH is 3. The number of H-pyrrole nitrogens is 2. The largest absolute Gasteiger partial charge is 0.394 e. The molecule has 0 bridgehead atoms. The number of nitrogens with zero attached hydrogens (tertiary/aromatic N) is 6. The predicted molar refractivity (Wildman–Crippen MR) is 149 cm³/mol. The second-order valence-electron chi connectivity index (χ2n) is 10.9. The number of aromatic amines is 2. The van der Waals surface area contributed by atoms with Gasteiger partial charge in [-0.15, -0.1) is 0 Å². The molecule has 2 saturated heterocycles. The van der Waals surface area contributed by atoms with Crippen molar-refractivity contribution in [2.45, 2.75) is 62.4 Å². The third-order valence-corrected chi connectivity index (χ3v) is 9.71. The van der Waals surface area contributed by atoms with Crippen LogP contribution in [-0.4, -0.2) is 106 Å². The zero-order valence-electron chi connectivity index (χ0n) is 22.6. The molecule has 4 aromatic rings. The highest BCUT2D eigenvalue weighted by Crippen LogP contribution is 2.32. The van der Waals surface area contributed by atoms with Crippen LogP contribution in [0.25, 0.3) is 22.3 Å². The lowest BCUT2D eigenvalue weighted by Gasteiger charge is -2.31. The summed E-state index contributed by atoms with van der Waals surface area (Å²) in [6, 6.07) is -0.273. The van der Waals surface area contributed by atoms with E-state index in [2.05, 4.69) is 39.9 Å². The summed E-state index contributed by atoms with van der Waals surface area (Å²) in [5, 5.41) is 31.6. The van der Waals surface area contributed by atoms with E-state index in [4.69, 9.17) is 20.9 Å². The van der Waals surface area contributed by atoms with Crippen LogP contribution in [0.1, 0.15) is 18.9 Å². The van der Waals surface area contributed by atoms with Crippen LogP contribution < -0.4 is 32.6 Å². The SMILES string of the molecule is C[Si](C)(NC[C@H]1O[C@@H](n2cnc3c(=O)[nH]c(N)nc32)[C@H](O)[C@@H]1O)N[C@H]1C[C@H](n2cnc3c(=O)[nH]c(N)nc32)O[C@@H]1CO. The average Bonchev–Trinajstić information content (AvgIpc) is 3.69. The number of nitrogens with one attached hydrogen (secondary N) is 4. The van der Waals surface area contributed by atoms with Crippen LogP contribution in [-0.2, 0) is 9.47 Å². The maximum Gasteiger partial charge on any atom is 0.280 e. The van der Waals surface area contributed by atoms with Gasteiger partial charge in [0.1, 0.15) is 24.5 Å². The molecule has 226 valence electrons. The van der Waals surface area contributed by atoms with Gasteiger partial charge in [0.2, 0.25) is 11.9 Å². The molecular formula is C22H32N12O7Si. The topological polar surface area (TPSA) is 282 Å². The van der Waals surface area contributed by atoms with E-state index in [1.165, 1.54) is 17.2 Å². The van der Waals surface area contributed by atoms with E-state index in [0.717, 1.165) is 0 Å². The number of aliphatic hydroxyl groups is 3. The van der Waals surface area contributed by atoms with E-state index in [0.29, 0.717) is 6.42 Å². The Balaban J connectivity index is 1.13. The van der Waals surface area contributed by atoms with Crippen LogP contribution in [0.2, 0.25) is 13.1 Å². The van der Waals surface area contributed by atoms with Gasteiger partial charge < -0.3 is 46.2 Å². The summed E-state index contributed by atoms with van der Waals surface area (Å²) < 4.78 is 15.1. The summed E-state index contributed by atoms with van der Waals surface area (Å²) in [6.07, 6.45) is -2.33. The molecule has 42 heavy (non-hydrogen) atoms. The van der Waals surface area contributed by atoms with Crippen molar-refractivity contribution in [1.29, 1.82) is 0 Å². The van der Waals surface area contributed by atoms with Gasteiger partial charge in [0.25, 0.3) is 11.1 Å². The van der Waals surface area contributed by atoms with Crippen LogP contribution in [0.5, 0.6) is 0 Å². The fourth-order valence-electron chi connectivity index (χ4n) is 5.50. The number of nitrogens with two attached hydrogens (primary N) is 2. The van der Waals surface area contributed by atoms with Gasteiger partial charge >= 0.3 is 0 Å². The second-order valence-corrected chi connectivity index (χ2v) is 14.8. The van der Waals surface area contributed by atoms with E-state index >= 15 is 0 Å². The molecule has 11 N–H and O–H groups in total. The van der Waals surface area contributed by atoms with Crippen molar-refractivity contribution >= 4 is 42.6 Å². The van der Waals surface area contributed by atoms with E-state index in [1.54, 1.807) is 4.57 Å². The lowest BCUT2D eigenvalue weighted by atomic mass is 10.1. The van der Waals surface area contributed by atoms with Crippen LogP contribution in [0.3, 0.4) is 0 Å². The standard InChI is InChI=1S/C22H32N12O7Si/c1-42(2,32-8-3-11(40-10(8)5-35)33-6-25-12-16(33)28-21(23)30-18(12)38)27-4-9-14(36)15(37)20(41-9)34-7-26-13-17(34)29-22(24)31-19(13)39/h6-11,14-15,20,27,32,35-37H,3-5H2,1-2H3,(H3,23,28,30,38)(H3,24,29,31,39)/t8-,9+,10+,11+,14+,15+,20+/m0/s1. The Morgan fingerprint density at radius 2 is 1.57 bits per heavy atom. The lowest BCUT2D eigenvalue weighted by molar-refractivity contribution is -0.0332. The summed E-state index contributed by atoms with van der Waals surface area (Å²) in [7, 11) is -2.45. The highest BCUT2D eigenvalue weighted by atomic mass is 28.3. The molecule has 0 spiro atoms. The molecule has 2 fully saturated rings. The number of aromatic nitrogens is 8. The zero-order chi connectivity index (χ0) is 29.9. The first kappa shape index (κ1) is 28.4. The number of anilines is 2. The Morgan fingerprint density at radius 1 is 0.976 bits per heavy atom. The van der Waals surface area contributed by atoms with Crippen LogP contribution in [0.15, 0.2) is 22.2 Å². The number of hydrogen-bond acceptors (Lipinski definition) is 15. The van der Waals surface area contributed by atoms with Crippen molar-refractivity contribution in [2.75, 3.05) is 24.6 Å². The number of hydrogen-bond donors (Lipinski definition) is 9. The molecule has 6 heterocycles. The summed E-state index contributed by atoms with van der Waals surface area (Å²) >= 11 is 0. The molecule has 0 unspecified atom stereocenters. The van der Waals surface area contributed by atoms with Crippen molar-refractivity contribution in [3.05, 3.63) is 33.4 Å². The molecular weight excluding hydrogens is 572 g/mol. The van der Waals surface area contributed by atoms with Crippen LogP contribution >= 0.6 is 0 Å². The van der Waals surface area contributed by atoms with Gasteiger partial charge in [-0.3, -0.25) is 28.7 Å². The summed E-state index contributed by atoms with van der Waals surface area (Å²) in [6.45, 7) is 3.93. The first-order valence-electron chi connectivity index (χ1n) is 13.2. The third-order valence-electron chi connectivity index (χ3n) is 7.53. The molecule has 0 radical (unpaired) electrons. The third kappa shape index (κ3) is 4.96. The number of ether oxygens (including phenoxy) is 2. The first-order valence-corrected chi connectivity index (χ1v) is 16.2. The summed E-state index contributed by atoms with van der Waals surface area (Å²) in [5.41, 5.74) is 11.0. The Bertz CT molecular complexity index is 1740. The Labute approximate surface area is 237 Å². The molecule has 0 amide bonds. The molecule has 0 saturated carbocycles. The minimum atomic E-state index is -2.45. The predicted octanol–water partition coefficient (Wildman–Crippen LogP) is -3.43. The number of nitrogen functional groups attached to an aromatic ring is 2. The van der Waals surface area contributed by atoms with E-state index in [9.17, 15) is 24.9 Å². The molecule has 2 aliphatic heterocycles. The fraction of sp³-hybridized carbons (Fsp3) is 0.545. The van der Waals surface area contributed by atoms with Crippen molar-refractivity contribution < 1.29 is 24.8 Å². The van der Waals surface area contributed by atoms with Crippen molar-refractivity contribution in [2.24, 2.45) is 0 Å². The normalized spacial score (nSPS) is 28.4.